The summed E-state index contributed by atoms with van der Waals surface area (Å²) < 4.78 is 5.69. The molecule has 27 heavy (non-hydrogen) atoms. The van der Waals surface area contributed by atoms with Gasteiger partial charge in [-0.25, -0.2) is 4.98 Å². The molecule has 0 aliphatic carbocycles. The van der Waals surface area contributed by atoms with Gasteiger partial charge in [-0.15, -0.1) is 10.2 Å². The Morgan fingerprint density at radius 3 is 2.81 bits per heavy atom. The van der Waals surface area contributed by atoms with E-state index < -0.39 is 0 Å². The molecule has 0 unspecified atom stereocenters. The lowest BCUT2D eigenvalue weighted by molar-refractivity contribution is 0.735. The van der Waals surface area contributed by atoms with Gasteiger partial charge < -0.3 is 0 Å². The van der Waals surface area contributed by atoms with E-state index in [1.54, 1.807) is 16.3 Å². The number of imidazole rings is 1. The van der Waals surface area contributed by atoms with Gasteiger partial charge in [-0.3, -0.25) is 18.2 Å². The highest BCUT2D eigenvalue weighted by Crippen LogP contribution is 2.23. The Morgan fingerprint density at radius 1 is 1.07 bits per heavy atom. The number of aryl methyl sites for hydroxylation is 1. The van der Waals surface area contributed by atoms with Crippen LogP contribution in [0, 0.1) is 0 Å². The minimum atomic E-state index is -0.0357. The fourth-order valence-corrected chi connectivity index (χ4v) is 4.23. The number of benzene rings is 1. The van der Waals surface area contributed by atoms with Crippen molar-refractivity contribution < 1.29 is 0 Å². The second-order valence-electron chi connectivity index (χ2n) is 6.14. The van der Waals surface area contributed by atoms with E-state index in [0.29, 0.717) is 23.5 Å². The zero-order chi connectivity index (χ0) is 18.4. The van der Waals surface area contributed by atoms with Gasteiger partial charge in [0.05, 0.1) is 28.4 Å². The first-order valence-corrected chi connectivity index (χ1v) is 9.67. The Kier molecular flexibility index (Phi) is 3.71. The Bertz CT molecular complexity index is 1350. The molecular formula is C19H16N6OS. The zero-order valence-corrected chi connectivity index (χ0v) is 15.4. The van der Waals surface area contributed by atoms with E-state index in [4.69, 9.17) is 0 Å². The monoisotopic (exact) mass is 376 g/mol. The summed E-state index contributed by atoms with van der Waals surface area (Å²) in [4.78, 5) is 17.2. The third-order valence-corrected chi connectivity index (χ3v) is 5.59. The third-order valence-electron chi connectivity index (χ3n) is 4.63. The van der Waals surface area contributed by atoms with Crippen molar-refractivity contribution in [2.75, 3.05) is 0 Å². The molecule has 4 heterocycles. The maximum absolute atomic E-state index is 12.7. The molecule has 0 radical (unpaired) electrons. The molecule has 4 aromatic heterocycles. The predicted molar refractivity (Wildman–Crippen MR) is 105 cm³/mol. The van der Waals surface area contributed by atoms with Crippen LogP contribution in [0.25, 0.3) is 22.2 Å². The van der Waals surface area contributed by atoms with Crippen LogP contribution in [0.2, 0.25) is 0 Å². The maximum atomic E-state index is 12.7. The van der Waals surface area contributed by atoms with Crippen LogP contribution in [-0.4, -0.2) is 28.5 Å². The molecule has 0 atom stereocenters. The van der Waals surface area contributed by atoms with Crippen LogP contribution in [-0.2, 0) is 12.3 Å². The summed E-state index contributed by atoms with van der Waals surface area (Å²) in [7, 11) is 0. The number of hydrogen-bond acceptors (Lipinski definition) is 5. The number of aromatic nitrogens is 6. The van der Waals surface area contributed by atoms with Crippen molar-refractivity contribution in [1.29, 1.82) is 0 Å². The van der Waals surface area contributed by atoms with Crippen molar-refractivity contribution in [1.82, 2.24) is 28.5 Å². The molecule has 134 valence electrons. The van der Waals surface area contributed by atoms with E-state index >= 15 is 0 Å². The van der Waals surface area contributed by atoms with Crippen LogP contribution >= 0.6 is 11.8 Å². The lowest BCUT2D eigenvalue weighted by Crippen LogP contribution is -2.22. The summed E-state index contributed by atoms with van der Waals surface area (Å²) in [5.74, 6) is 1.96. The van der Waals surface area contributed by atoms with E-state index in [9.17, 15) is 4.79 Å². The lowest BCUT2D eigenvalue weighted by Gasteiger charge is -2.09. The van der Waals surface area contributed by atoms with Crippen LogP contribution in [0.1, 0.15) is 12.7 Å². The molecule has 5 rings (SSSR count). The highest BCUT2D eigenvalue weighted by molar-refractivity contribution is 7.98. The van der Waals surface area contributed by atoms with E-state index in [1.165, 1.54) is 0 Å². The van der Waals surface area contributed by atoms with Gasteiger partial charge in [-0.05, 0) is 31.2 Å². The van der Waals surface area contributed by atoms with Crippen molar-refractivity contribution in [3.63, 3.8) is 0 Å². The molecule has 0 aliphatic heterocycles. The highest BCUT2D eigenvalue weighted by atomic mass is 32.2. The van der Waals surface area contributed by atoms with Crippen LogP contribution in [0.3, 0.4) is 0 Å². The van der Waals surface area contributed by atoms with Gasteiger partial charge in [0.1, 0.15) is 5.82 Å². The molecule has 0 aliphatic rings. The summed E-state index contributed by atoms with van der Waals surface area (Å²) in [5.41, 5.74) is 1.85. The van der Waals surface area contributed by atoms with Crippen molar-refractivity contribution in [3.05, 3.63) is 71.0 Å². The zero-order valence-electron chi connectivity index (χ0n) is 14.6. The van der Waals surface area contributed by atoms with Crippen molar-refractivity contribution in [2.45, 2.75) is 24.4 Å². The fourth-order valence-electron chi connectivity index (χ4n) is 3.35. The van der Waals surface area contributed by atoms with Gasteiger partial charge in [0, 0.05) is 12.7 Å². The van der Waals surface area contributed by atoms with Gasteiger partial charge >= 0.3 is 0 Å². The van der Waals surface area contributed by atoms with Gasteiger partial charge in [-0.2, -0.15) is 0 Å². The third kappa shape index (κ3) is 2.44. The smallest absolute Gasteiger partial charge is 0.262 e. The first kappa shape index (κ1) is 16.1. The molecular weight excluding hydrogens is 360 g/mol. The number of nitrogens with zero attached hydrogens (tertiary/aromatic N) is 6. The molecule has 0 amide bonds. The molecule has 0 bridgehead atoms. The van der Waals surface area contributed by atoms with Crippen molar-refractivity contribution >= 4 is 34.0 Å². The number of hydrogen-bond donors (Lipinski definition) is 0. The number of thioether (sulfide) groups is 1. The number of fused-ring (bicyclic) bond motifs is 4. The molecule has 5 aromatic rings. The maximum Gasteiger partial charge on any atom is 0.262 e. The van der Waals surface area contributed by atoms with Crippen molar-refractivity contribution in [3.8, 4) is 0 Å². The van der Waals surface area contributed by atoms with Crippen LogP contribution < -0.4 is 5.56 Å². The summed E-state index contributed by atoms with van der Waals surface area (Å²) >= 11 is 1.60. The van der Waals surface area contributed by atoms with E-state index in [2.05, 4.69) is 15.2 Å². The first-order valence-electron chi connectivity index (χ1n) is 8.68. The average Bonchev–Trinajstić information content (AvgIpc) is 3.31. The molecule has 1 aromatic carbocycles. The molecule has 0 fully saturated rings. The average molecular weight is 376 g/mol. The normalized spacial score (nSPS) is 11.7. The van der Waals surface area contributed by atoms with Gasteiger partial charge in [-0.1, -0.05) is 30.0 Å². The second kappa shape index (κ2) is 6.24. The standard InChI is InChI=1S/C19H16N6OS/c1-2-23-17(26)14-8-3-4-9-15(14)25-16(21-22-18(23)25)12-27-19-20-11-13-7-5-6-10-24(13)19/h3-11H,2,12H2,1H3. The van der Waals surface area contributed by atoms with Crippen LogP contribution in [0.5, 0.6) is 0 Å². The quantitative estimate of drug-likeness (QED) is 0.451. The highest BCUT2D eigenvalue weighted by Gasteiger charge is 2.16. The van der Waals surface area contributed by atoms with E-state index in [-0.39, 0.29) is 5.56 Å². The Morgan fingerprint density at radius 2 is 1.93 bits per heavy atom. The topological polar surface area (TPSA) is 69.5 Å². The minimum Gasteiger partial charge on any atom is -0.295 e. The molecule has 0 N–H and O–H groups in total. The summed E-state index contributed by atoms with van der Waals surface area (Å²) in [5, 5.41) is 10.2. The largest absolute Gasteiger partial charge is 0.295 e. The van der Waals surface area contributed by atoms with E-state index in [0.717, 1.165) is 22.0 Å². The number of para-hydroxylation sites is 1. The summed E-state index contributed by atoms with van der Waals surface area (Å²) in [6, 6.07) is 13.6. The predicted octanol–water partition coefficient (Wildman–Crippen LogP) is 3.00. The van der Waals surface area contributed by atoms with Crippen LogP contribution in [0.15, 0.2) is 64.8 Å². The number of pyridine rings is 1. The van der Waals surface area contributed by atoms with Gasteiger partial charge in [0.15, 0.2) is 5.16 Å². The molecule has 7 nitrogen and oxygen atoms in total. The van der Waals surface area contributed by atoms with E-state index in [1.807, 2.05) is 70.6 Å². The molecule has 8 heteroatoms. The van der Waals surface area contributed by atoms with Gasteiger partial charge in [0.2, 0.25) is 5.78 Å². The fraction of sp³-hybridized carbons (Fsp3) is 0.158. The summed E-state index contributed by atoms with van der Waals surface area (Å²) in [6.07, 6.45) is 3.85. The van der Waals surface area contributed by atoms with Crippen LogP contribution in [0.4, 0.5) is 0 Å². The van der Waals surface area contributed by atoms with Gasteiger partial charge in [0.25, 0.3) is 5.56 Å². The minimum absolute atomic E-state index is 0.0357. The molecule has 0 saturated carbocycles. The Hall–Kier alpha value is -3.13. The van der Waals surface area contributed by atoms with Crippen molar-refractivity contribution in [2.24, 2.45) is 0 Å². The summed E-state index contributed by atoms with van der Waals surface area (Å²) in [6.45, 7) is 2.49. The Balaban J connectivity index is 1.64. The first-order chi connectivity index (χ1) is 13.3. The lowest BCUT2D eigenvalue weighted by atomic mass is 10.2. The SMILES string of the molecule is CCn1c(=O)c2ccccc2n2c(CSc3ncc4ccccn34)nnc12. The molecule has 0 spiro atoms. The molecule has 0 saturated heterocycles. The number of rotatable bonds is 4. The Labute approximate surface area is 158 Å². The second-order valence-corrected chi connectivity index (χ2v) is 7.09.